The SMILES string of the molecule is CC(CNCCO)c1ccc(O)c(O)c1. The minimum absolute atomic E-state index is 0.0958. The van der Waals surface area contributed by atoms with E-state index < -0.39 is 0 Å². The summed E-state index contributed by atoms with van der Waals surface area (Å²) in [6.45, 7) is 3.42. The molecule has 84 valence electrons. The van der Waals surface area contributed by atoms with Crippen molar-refractivity contribution >= 4 is 0 Å². The Balaban J connectivity index is 2.57. The number of aliphatic hydroxyl groups is 1. The van der Waals surface area contributed by atoms with Gasteiger partial charge in [-0.2, -0.15) is 0 Å². The summed E-state index contributed by atoms with van der Waals surface area (Å²) in [7, 11) is 0. The Labute approximate surface area is 89.2 Å². The molecular weight excluding hydrogens is 194 g/mol. The van der Waals surface area contributed by atoms with Gasteiger partial charge in [-0.25, -0.2) is 0 Å². The highest BCUT2D eigenvalue weighted by Crippen LogP contribution is 2.28. The molecule has 0 bridgehead atoms. The molecule has 0 spiro atoms. The molecule has 4 N–H and O–H groups in total. The molecule has 1 unspecified atom stereocenters. The monoisotopic (exact) mass is 211 g/mol. The van der Waals surface area contributed by atoms with Crippen molar-refractivity contribution in [1.29, 1.82) is 0 Å². The molecule has 15 heavy (non-hydrogen) atoms. The van der Waals surface area contributed by atoms with E-state index in [1.807, 2.05) is 6.92 Å². The Bertz CT molecular complexity index is 315. The number of aliphatic hydroxyl groups excluding tert-OH is 1. The number of phenols is 2. The molecule has 1 rings (SSSR count). The van der Waals surface area contributed by atoms with Crippen molar-refractivity contribution in [2.75, 3.05) is 19.7 Å². The molecule has 4 heteroatoms. The van der Waals surface area contributed by atoms with Crippen LogP contribution >= 0.6 is 0 Å². The van der Waals surface area contributed by atoms with Gasteiger partial charge >= 0.3 is 0 Å². The largest absolute Gasteiger partial charge is 0.504 e. The van der Waals surface area contributed by atoms with Gasteiger partial charge in [0.2, 0.25) is 0 Å². The summed E-state index contributed by atoms with van der Waals surface area (Å²) >= 11 is 0. The number of aromatic hydroxyl groups is 2. The summed E-state index contributed by atoms with van der Waals surface area (Å²) in [5.41, 5.74) is 0.954. The van der Waals surface area contributed by atoms with Gasteiger partial charge in [-0.1, -0.05) is 13.0 Å². The first-order valence-corrected chi connectivity index (χ1v) is 4.98. The maximum atomic E-state index is 9.31. The molecule has 0 aliphatic rings. The minimum Gasteiger partial charge on any atom is -0.504 e. The fraction of sp³-hybridized carbons (Fsp3) is 0.455. The normalized spacial score (nSPS) is 12.7. The molecule has 0 heterocycles. The number of hydrogen-bond acceptors (Lipinski definition) is 4. The van der Waals surface area contributed by atoms with E-state index in [-0.39, 0.29) is 24.0 Å². The second kappa shape index (κ2) is 5.58. The van der Waals surface area contributed by atoms with E-state index >= 15 is 0 Å². The molecule has 0 aromatic heterocycles. The first-order chi connectivity index (χ1) is 7.15. The van der Waals surface area contributed by atoms with E-state index in [0.29, 0.717) is 6.54 Å². The summed E-state index contributed by atoms with van der Waals surface area (Å²) in [5.74, 6) is 0.0267. The van der Waals surface area contributed by atoms with Crippen LogP contribution < -0.4 is 5.32 Å². The van der Waals surface area contributed by atoms with Gasteiger partial charge in [-0.05, 0) is 23.6 Å². The second-order valence-corrected chi connectivity index (χ2v) is 3.58. The lowest BCUT2D eigenvalue weighted by molar-refractivity contribution is 0.291. The molecule has 1 atom stereocenters. The number of benzene rings is 1. The van der Waals surface area contributed by atoms with Crippen LogP contribution in [0.1, 0.15) is 18.4 Å². The Morgan fingerprint density at radius 3 is 2.60 bits per heavy atom. The van der Waals surface area contributed by atoms with E-state index in [9.17, 15) is 5.11 Å². The van der Waals surface area contributed by atoms with E-state index in [4.69, 9.17) is 10.2 Å². The maximum absolute atomic E-state index is 9.31. The van der Waals surface area contributed by atoms with Crippen molar-refractivity contribution < 1.29 is 15.3 Å². The lowest BCUT2D eigenvalue weighted by atomic mass is 10.0. The molecule has 0 saturated carbocycles. The smallest absolute Gasteiger partial charge is 0.157 e. The molecule has 0 saturated heterocycles. The van der Waals surface area contributed by atoms with Gasteiger partial charge in [-0.15, -0.1) is 0 Å². The predicted molar refractivity (Wildman–Crippen MR) is 58.1 cm³/mol. The zero-order chi connectivity index (χ0) is 11.3. The van der Waals surface area contributed by atoms with Crippen LogP contribution in [0.4, 0.5) is 0 Å². The Hall–Kier alpha value is -1.26. The van der Waals surface area contributed by atoms with Gasteiger partial charge in [0.25, 0.3) is 0 Å². The maximum Gasteiger partial charge on any atom is 0.157 e. The zero-order valence-corrected chi connectivity index (χ0v) is 8.77. The van der Waals surface area contributed by atoms with Crippen LogP contribution in [0.3, 0.4) is 0 Å². The Kier molecular flexibility index (Phi) is 4.39. The summed E-state index contributed by atoms with van der Waals surface area (Å²) in [6, 6.07) is 4.81. The van der Waals surface area contributed by atoms with Crippen LogP contribution in [0.5, 0.6) is 11.5 Å². The fourth-order valence-corrected chi connectivity index (χ4v) is 1.36. The van der Waals surface area contributed by atoms with Gasteiger partial charge in [0.15, 0.2) is 11.5 Å². The van der Waals surface area contributed by atoms with Crippen molar-refractivity contribution in [1.82, 2.24) is 5.32 Å². The highest BCUT2D eigenvalue weighted by Gasteiger charge is 2.07. The molecule has 0 amide bonds. The quantitative estimate of drug-likeness (QED) is 0.429. The van der Waals surface area contributed by atoms with Crippen molar-refractivity contribution in [2.45, 2.75) is 12.8 Å². The number of phenolic OH excluding ortho intramolecular Hbond substituents is 2. The van der Waals surface area contributed by atoms with Crippen LogP contribution in [-0.4, -0.2) is 35.0 Å². The third kappa shape index (κ3) is 3.42. The van der Waals surface area contributed by atoms with E-state index in [1.54, 1.807) is 12.1 Å². The Morgan fingerprint density at radius 1 is 1.27 bits per heavy atom. The van der Waals surface area contributed by atoms with Gasteiger partial charge < -0.3 is 20.6 Å². The first-order valence-electron chi connectivity index (χ1n) is 4.98. The van der Waals surface area contributed by atoms with Gasteiger partial charge in [-0.3, -0.25) is 0 Å². The molecule has 0 aliphatic carbocycles. The molecule has 0 radical (unpaired) electrons. The zero-order valence-electron chi connectivity index (χ0n) is 8.77. The molecule has 0 aliphatic heterocycles. The van der Waals surface area contributed by atoms with Crippen molar-refractivity contribution in [3.63, 3.8) is 0 Å². The topological polar surface area (TPSA) is 72.7 Å². The molecule has 0 fully saturated rings. The average Bonchev–Trinajstić information content (AvgIpc) is 2.22. The standard InChI is InChI=1S/C11H17NO3/c1-8(7-12-4-5-13)9-2-3-10(14)11(15)6-9/h2-3,6,8,12-15H,4-5,7H2,1H3. The van der Waals surface area contributed by atoms with Gasteiger partial charge in [0.05, 0.1) is 6.61 Å². The third-order valence-corrected chi connectivity index (χ3v) is 2.31. The van der Waals surface area contributed by atoms with Gasteiger partial charge in [0, 0.05) is 13.1 Å². The van der Waals surface area contributed by atoms with Crippen molar-refractivity contribution in [3.05, 3.63) is 23.8 Å². The van der Waals surface area contributed by atoms with Gasteiger partial charge in [0.1, 0.15) is 0 Å². The molecule has 1 aromatic rings. The van der Waals surface area contributed by atoms with Crippen molar-refractivity contribution in [2.24, 2.45) is 0 Å². The van der Waals surface area contributed by atoms with Crippen LogP contribution in [-0.2, 0) is 0 Å². The lowest BCUT2D eigenvalue weighted by Crippen LogP contribution is -2.23. The van der Waals surface area contributed by atoms with Crippen LogP contribution in [0.15, 0.2) is 18.2 Å². The molecule has 1 aromatic carbocycles. The van der Waals surface area contributed by atoms with Crippen LogP contribution in [0.2, 0.25) is 0 Å². The van der Waals surface area contributed by atoms with Crippen LogP contribution in [0, 0.1) is 0 Å². The van der Waals surface area contributed by atoms with E-state index in [1.165, 1.54) is 6.07 Å². The summed E-state index contributed by atoms with van der Waals surface area (Å²) in [6.07, 6.45) is 0. The van der Waals surface area contributed by atoms with E-state index in [2.05, 4.69) is 5.32 Å². The highest BCUT2D eigenvalue weighted by atomic mass is 16.3. The summed E-state index contributed by atoms with van der Waals surface area (Å²) in [5, 5.41) is 30.1. The number of hydrogen-bond donors (Lipinski definition) is 4. The predicted octanol–water partition coefficient (Wildman–Crippen LogP) is 0.783. The number of rotatable bonds is 5. The molecule has 4 nitrogen and oxygen atoms in total. The number of nitrogens with one attached hydrogen (secondary N) is 1. The van der Waals surface area contributed by atoms with Crippen LogP contribution in [0.25, 0.3) is 0 Å². The molecular formula is C11H17NO3. The highest BCUT2D eigenvalue weighted by molar-refractivity contribution is 5.41. The fourth-order valence-electron chi connectivity index (χ4n) is 1.36. The Morgan fingerprint density at radius 2 is 2.00 bits per heavy atom. The summed E-state index contributed by atoms with van der Waals surface area (Å²) < 4.78 is 0. The lowest BCUT2D eigenvalue weighted by Gasteiger charge is -2.13. The first kappa shape index (κ1) is 11.8. The minimum atomic E-state index is -0.103. The second-order valence-electron chi connectivity index (χ2n) is 3.58. The summed E-state index contributed by atoms with van der Waals surface area (Å²) in [4.78, 5) is 0. The van der Waals surface area contributed by atoms with E-state index in [0.717, 1.165) is 12.1 Å². The third-order valence-electron chi connectivity index (χ3n) is 2.31. The average molecular weight is 211 g/mol. The van der Waals surface area contributed by atoms with Crippen molar-refractivity contribution in [3.8, 4) is 11.5 Å².